The Balaban J connectivity index is 1.47. The van der Waals surface area contributed by atoms with Crippen LogP contribution < -0.4 is 5.32 Å². The normalized spacial score (nSPS) is 17.5. The Bertz CT molecular complexity index is 620. The van der Waals surface area contributed by atoms with Gasteiger partial charge in [0.2, 0.25) is 5.91 Å². The van der Waals surface area contributed by atoms with Crippen LogP contribution in [0.4, 0.5) is 0 Å². The van der Waals surface area contributed by atoms with E-state index in [1.165, 1.54) is 5.56 Å². The number of likely N-dealkylation sites (tertiary alicyclic amines) is 1. The maximum Gasteiger partial charge on any atom is 0.245 e. The molecule has 1 aliphatic heterocycles. The van der Waals surface area contributed by atoms with Gasteiger partial charge in [-0.1, -0.05) is 6.92 Å². The first-order valence-corrected chi connectivity index (χ1v) is 8.67. The number of nitrogens with one attached hydrogen (secondary N) is 1. The second-order valence-corrected chi connectivity index (χ2v) is 6.32. The van der Waals surface area contributed by atoms with Gasteiger partial charge in [-0.15, -0.1) is 0 Å². The van der Waals surface area contributed by atoms with E-state index in [2.05, 4.69) is 32.4 Å². The summed E-state index contributed by atoms with van der Waals surface area (Å²) in [7, 11) is 0. The van der Waals surface area contributed by atoms with Crippen LogP contribution in [0.25, 0.3) is 0 Å². The fourth-order valence-electron chi connectivity index (χ4n) is 3.24. The van der Waals surface area contributed by atoms with Crippen molar-refractivity contribution >= 4 is 5.91 Å². The van der Waals surface area contributed by atoms with Crippen LogP contribution in [0, 0.1) is 0 Å². The van der Waals surface area contributed by atoms with Gasteiger partial charge >= 0.3 is 0 Å². The molecule has 0 aromatic carbocycles. The highest BCUT2D eigenvalue weighted by atomic mass is 16.2. The molecule has 0 aliphatic carbocycles. The molecule has 0 bridgehead atoms. The Kier molecular flexibility index (Phi) is 5.59. The SMILES string of the molecule is CCC(C(=O)NC1CCN(Cc2ccncc2)CC1)n1cccn1. The average Bonchev–Trinajstić information content (AvgIpc) is 3.12. The summed E-state index contributed by atoms with van der Waals surface area (Å²) in [5.74, 6) is 0.0776. The summed E-state index contributed by atoms with van der Waals surface area (Å²) in [5.41, 5.74) is 1.29. The smallest absolute Gasteiger partial charge is 0.245 e. The van der Waals surface area contributed by atoms with Gasteiger partial charge in [0.05, 0.1) is 0 Å². The summed E-state index contributed by atoms with van der Waals surface area (Å²) in [4.78, 5) is 19.0. The third-order valence-corrected chi connectivity index (χ3v) is 4.62. The monoisotopic (exact) mass is 327 g/mol. The summed E-state index contributed by atoms with van der Waals surface area (Å²) < 4.78 is 1.74. The lowest BCUT2D eigenvalue weighted by molar-refractivity contribution is -0.125. The van der Waals surface area contributed by atoms with Crippen molar-refractivity contribution in [1.29, 1.82) is 0 Å². The van der Waals surface area contributed by atoms with Gasteiger partial charge in [-0.05, 0) is 43.0 Å². The number of hydrogen-bond acceptors (Lipinski definition) is 4. The fraction of sp³-hybridized carbons (Fsp3) is 0.500. The van der Waals surface area contributed by atoms with E-state index in [0.29, 0.717) is 0 Å². The topological polar surface area (TPSA) is 63.1 Å². The van der Waals surface area contributed by atoms with Gasteiger partial charge in [0, 0.05) is 50.5 Å². The van der Waals surface area contributed by atoms with Crippen molar-refractivity contribution in [3.8, 4) is 0 Å². The van der Waals surface area contributed by atoms with E-state index in [4.69, 9.17) is 0 Å². The van der Waals surface area contributed by atoms with E-state index in [1.807, 2.05) is 31.6 Å². The van der Waals surface area contributed by atoms with Crippen molar-refractivity contribution in [2.24, 2.45) is 0 Å². The molecule has 3 rings (SSSR count). The van der Waals surface area contributed by atoms with Crippen LogP contribution >= 0.6 is 0 Å². The lowest BCUT2D eigenvalue weighted by Gasteiger charge is -2.33. The molecule has 1 unspecified atom stereocenters. The van der Waals surface area contributed by atoms with Gasteiger partial charge in [0.15, 0.2) is 0 Å². The van der Waals surface area contributed by atoms with Crippen molar-refractivity contribution in [1.82, 2.24) is 25.0 Å². The van der Waals surface area contributed by atoms with Crippen molar-refractivity contribution in [3.63, 3.8) is 0 Å². The molecule has 6 nitrogen and oxygen atoms in total. The first-order valence-electron chi connectivity index (χ1n) is 8.67. The van der Waals surface area contributed by atoms with Crippen molar-refractivity contribution in [2.75, 3.05) is 13.1 Å². The fourth-order valence-corrected chi connectivity index (χ4v) is 3.24. The summed E-state index contributed by atoms with van der Waals surface area (Å²) in [6, 6.07) is 6.02. The summed E-state index contributed by atoms with van der Waals surface area (Å²) >= 11 is 0. The molecular weight excluding hydrogens is 302 g/mol. The van der Waals surface area contributed by atoms with E-state index >= 15 is 0 Å². The van der Waals surface area contributed by atoms with Crippen molar-refractivity contribution in [2.45, 2.75) is 44.8 Å². The second kappa shape index (κ2) is 8.06. The number of amides is 1. The van der Waals surface area contributed by atoms with Gasteiger partial charge in [-0.3, -0.25) is 19.4 Å². The Morgan fingerprint density at radius 3 is 2.67 bits per heavy atom. The van der Waals surface area contributed by atoms with Gasteiger partial charge in [-0.2, -0.15) is 5.10 Å². The minimum atomic E-state index is -0.213. The molecule has 2 aromatic heterocycles. The van der Waals surface area contributed by atoms with Crippen LogP contribution in [0.1, 0.15) is 37.8 Å². The Morgan fingerprint density at radius 1 is 1.29 bits per heavy atom. The molecule has 1 amide bonds. The largest absolute Gasteiger partial charge is 0.351 e. The molecule has 1 saturated heterocycles. The standard InChI is InChI=1S/C18H25N5O/c1-2-17(23-11-3-8-20-23)18(24)21-16-6-12-22(13-7-16)14-15-4-9-19-10-5-15/h3-5,8-11,16-17H,2,6-7,12-14H2,1H3,(H,21,24). The number of piperidine rings is 1. The Morgan fingerprint density at radius 2 is 2.04 bits per heavy atom. The zero-order valence-corrected chi connectivity index (χ0v) is 14.1. The summed E-state index contributed by atoms with van der Waals surface area (Å²) in [5, 5.41) is 7.41. The highest BCUT2D eigenvalue weighted by Crippen LogP contribution is 2.16. The molecule has 0 radical (unpaired) electrons. The van der Waals surface area contributed by atoms with Crippen LogP contribution in [0.2, 0.25) is 0 Å². The zero-order valence-electron chi connectivity index (χ0n) is 14.1. The number of hydrogen-bond donors (Lipinski definition) is 1. The van der Waals surface area contributed by atoms with E-state index in [0.717, 1.165) is 38.9 Å². The van der Waals surface area contributed by atoms with E-state index < -0.39 is 0 Å². The van der Waals surface area contributed by atoms with Crippen molar-refractivity contribution in [3.05, 3.63) is 48.5 Å². The maximum absolute atomic E-state index is 12.5. The van der Waals surface area contributed by atoms with E-state index in [9.17, 15) is 4.79 Å². The molecule has 6 heteroatoms. The van der Waals surface area contributed by atoms with Gasteiger partial charge in [-0.25, -0.2) is 0 Å². The zero-order chi connectivity index (χ0) is 16.8. The Hall–Kier alpha value is -2.21. The van der Waals surface area contributed by atoms with Crippen LogP contribution in [0.5, 0.6) is 0 Å². The highest BCUT2D eigenvalue weighted by molar-refractivity contribution is 5.80. The molecule has 1 aliphatic rings. The first kappa shape index (κ1) is 16.6. The minimum absolute atomic E-state index is 0.0776. The Labute approximate surface area is 142 Å². The number of carbonyl (C=O) groups is 1. The minimum Gasteiger partial charge on any atom is -0.351 e. The van der Waals surface area contributed by atoms with Crippen LogP contribution in [-0.4, -0.2) is 44.7 Å². The van der Waals surface area contributed by atoms with Crippen molar-refractivity contribution < 1.29 is 4.79 Å². The quantitative estimate of drug-likeness (QED) is 0.881. The number of pyridine rings is 1. The van der Waals surface area contributed by atoms with E-state index in [1.54, 1.807) is 10.9 Å². The molecular formula is C18H25N5O. The molecule has 128 valence electrons. The van der Waals surface area contributed by atoms with Crippen LogP contribution in [-0.2, 0) is 11.3 Å². The van der Waals surface area contributed by atoms with E-state index in [-0.39, 0.29) is 18.0 Å². The molecule has 0 saturated carbocycles. The lowest BCUT2D eigenvalue weighted by Crippen LogP contribution is -2.46. The molecule has 2 aromatic rings. The molecule has 1 atom stereocenters. The average molecular weight is 327 g/mol. The number of aromatic nitrogens is 3. The number of carbonyl (C=O) groups excluding carboxylic acids is 1. The van der Waals surface area contributed by atoms with Gasteiger partial charge in [0.25, 0.3) is 0 Å². The van der Waals surface area contributed by atoms with Crippen LogP contribution in [0.15, 0.2) is 43.0 Å². The summed E-state index contributed by atoms with van der Waals surface area (Å²) in [6.07, 6.45) is 9.97. The third kappa shape index (κ3) is 4.20. The molecule has 0 spiro atoms. The van der Waals surface area contributed by atoms with Gasteiger partial charge < -0.3 is 5.32 Å². The second-order valence-electron chi connectivity index (χ2n) is 6.32. The predicted octanol–water partition coefficient (Wildman–Crippen LogP) is 2.01. The van der Waals surface area contributed by atoms with Crippen LogP contribution in [0.3, 0.4) is 0 Å². The highest BCUT2D eigenvalue weighted by Gasteiger charge is 2.25. The van der Waals surface area contributed by atoms with Gasteiger partial charge in [0.1, 0.15) is 6.04 Å². The molecule has 24 heavy (non-hydrogen) atoms. The first-order chi connectivity index (χ1) is 11.8. The molecule has 1 fully saturated rings. The number of rotatable bonds is 6. The number of nitrogens with zero attached hydrogens (tertiary/aromatic N) is 4. The predicted molar refractivity (Wildman–Crippen MR) is 92.2 cm³/mol. The summed E-state index contributed by atoms with van der Waals surface area (Å²) in [6.45, 7) is 4.98. The maximum atomic E-state index is 12.5. The molecule has 1 N–H and O–H groups in total. The lowest BCUT2D eigenvalue weighted by atomic mass is 10.0. The molecule has 3 heterocycles. The third-order valence-electron chi connectivity index (χ3n) is 4.62.